The van der Waals surface area contributed by atoms with E-state index in [4.69, 9.17) is 4.74 Å². The number of nitrogens with one attached hydrogen (secondary N) is 1. The van der Waals surface area contributed by atoms with Crippen molar-refractivity contribution in [2.75, 3.05) is 12.8 Å². The fraction of sp³-hybridized carbons (Fsp3) is 0.688. The van der Waals surface area contributed by atoms with Gasteiger partial charge in [-0.25, -0.2) is 0 Å². The molecule has 0 saturated carbocycles. The highest BCUT2D eigenvalue weighted by atomic mass is 32.2. The van der Waals surface area contributed by atoms with Gasteiger partial charge in [0.05, 0.1) is 12.3 Å². The van der Waals surface area contributed by atoms with Crippen LogP contribution in [0.3, 0.4) is 0 Å². The average molecular weight is 327 g/mol. The van der Waals surface area contributed by atoms with Crippen LogP contribution in [0.1, 0.15) is 39.3 Å². The molecule has 118 valence electrons. The number of rotatable bonds is 5. The number of nitrogens with zero attached hydrogens (tertiary/aromatic N) is 1. The van der Waals surface area contributed by atoms with Gasteiger partial charge in [-0.1, -0.05) is 13.8 Å². The fourth-order valence-corrected chi connectivity index (χ4v) is 5.65. The van der Waals surface area contributed by atoms with Gasteiger partial charge in [0, 0.05) is 33.7 Å². The Hall–Kier alpha value is -0.390. The quantitative estimate of drug-likeness (QED) is 0.891. The van der Waals surface area contributed by atoms with Crippen LogP contribution in [0.25, 0.3) is 0 Å². The molecule has 2 heterocycles. The van der Waals surface area contributed by atoms with Gasteiger partial charge < -0.3 is 10.1 Å². The van der Waals surface area contributed by atoms with Gasteiger partial charge in [-0.2, -0.15) is 23.5 Å². The molecule has 0 aromatic carbocycles. The molecule has 1 fully saturated rings. The second kappa shape index (κ2) is 7.75. The van der Waals surface area contributed by atoms with Crippen molar-refractivity contribution in [1.82, 2.24) is 10.3 Å². The van der Waals surface area contributed by atoms with Gasteiger partial charge in [-0.15, -0.1) is 0 Å². The Balaban J connectivity index is 2.13. The summed E-state index contributed by atoms with van der Waals surface area (Å²) in [6.07, 6.45) is 3.93. The molecule has 1 saturated heterocycles. The molecule has 4 unspecified atom stereocenters. The predicted octanol–water partition coefficient (Wildman–Crippen LogP) is 3.75. The van der Waals surface area contributed by atoms with Crippen molar-refractivity contribution in [2.24, 2.45) is 0 Å². The van der Waals surface area contributed by atoms with Crippen LogP contribution < -0.4 is 10.1 Å². The Morgan fingerprint density at radius 2 is 2.05 bits per heavy atom. The summed E-state index contributed by atoms with van der Waals surface area (Å²) in [6, 6.07) is 2.45. The normalized spacial score (nSPS) is 27.6. The van der Waals surface area contributed by atoms with Crippen LogP contribution in [0.4, 0.5) is 0 Å². The highest BCUT2D eigenvalue weighted by molar-refractivity contribution is 8.07. The number of pyridine rings is 1. The van der Waals surface area contributed by atoms with Crippen molar-refractivity contribution in [1.29, 1.82) is 0 Å². The second-order valence-electron chi connectivity index (χ2n) is 5.81. The third kappa shape index (κ3) is 4.54. The molecule has 0 amide bonds. The number of ether oxygens (including phenoxy) is 1. The monoisotopic (exact) mass is 326 g/mol. The Morgan fingerprint density at radius 3 is 2.67 bits per heavy atom. The SMILES string of the molecule is CNC(c1cncc(OC(C)C)c1)C1CSC(C)C(C)S1. The number of aromatic nitrogens is 1. The van der Waals surface area contributed by atoms with E-state index in [1.54, 1.807) is 6.20 Å². The predicted molar refractivity (Wildman–Crippen MR) is 94.6 cm³/mol. The minimum atomic E-state index is 0.176. The van der Waals surface area contributed by atoms with E-state index < -0.39 is 0 Å². The molecule has 0 radical (unpaired) electrons. The number of hydrogen-bond acceptors (Lipinski definition) is 5. The Bertz CT molecular complexity index is 456. The molecule has 5 heteroatoms. The minimum Gasteiger partial charge on any atom is -0.489 e. The van der Waals surface area contributed by atoms with Gasteiger partial charge in [-0.3, -0.25) is 4.98 Å². The standard InChI is InChI=1S/C16H26N2OS2/c1-10(2)19-14-6-13(7-18-8-14)16(17-5)15-9-20-11(3)12(4)21-15/h6-8,10-12,15-17H,9H2,1-5H3. The van der Waals surface area contributed by atoms with Crippen LogP contribution >= 0.6 is 23.5 Å². The van der Waals surface area contributed by atoms with Gasteiger partial charge in [0.2, 0.25) is 0 Å². The minimum absolute atomic E-state index is 0.176. The van der Waals surface area contributed by atoms with Crippen LogP contribution in [0.2, 0.25) is 0 Å². The molecule has 2 rings (SSSR count). The van der Waals surface area contributed by atoms with Gasteiger partial charge in [0.1, 0.15) is 5.75 Å². The third-order valence-electron chi connectivity index (χ3n) is 3.72. The molecule has 0 aliphatic carbocycles. The van der Waals surface area contributed by atoms with E-state index in [0.717, 1.165) is 11.0 Å². The highest BCUT2D eigenvalue weighted by Gasteiger charge is 2.31. The van der Waals surface area contributed by atoms with Crippen LogP contribution in [0.15, 0.2) is 18.5 Å². The number of hydrogen-bond donors (Lipinski definition) is 1. The first-order valence-electron chi connectivity index (χ1n) is 7.57. The molecule has 1 aromatic rings. The Morgan fingerprint density at radius 1 is 1.29 bits per heavy atom. The van der Waals surface area contributed by atoms with Crippen molar-refractivity contribution in [3.05, 3.63) is 24.0 Å². The van der Waals surface area contributed by atoms with E-state index in [1.807, 2.05) is 27.1 Å². The zero-order valence-corrected chi connectivity index (χ0v) is 15.1. The van der Waals surface area contributed by atoms with E-state index in [9.17, 15) is 0 Å². The van der Waals surface area contributed by atoms with Crippen molar-refractivity contribution in [3.63, 3.8) is 0 Å². The summed E-state index contributed by atoms with van der Waals surface area (Å²) >= 11 is 4.16. The topological polar surface area (TPSA) is 34.2 Å². The molecule has 1 aromatic heterocycles. The molecule has 0 spiro atoms. The molecule has 3 nitrogen and oxygen atoms in total. The molecular weight excluding hydrogens is 300 g/mol. The lowest BCUT2D eigenvalue weighted by Gasteiger charge is -2.36. The van der Waals surface area contributed by atoms with Crippen LogP contribution in [0, 0.1) is 0 Å². The van der Waals surface area contributed by atoms with E-state index in [0.29, 0.717) is 16.5 Å². The first-order valence-corrected chi connectivity index (χ1v) is 9.56. The molecule has 21 heavy (non-hydrogen) atoms. The lowest BCUT2D eigenvalue weighted by atomic mass is 10.1. The first-order chi connectivity index (χ1) is 10.0. The summed E-state index contributed by atoms with van der Waals surface area (Å²) in [6.45, 7) is 8.74. The summed E-state index contributed by atoms with van der Waals surface area (Å²) in [5.74, 6) is 2.04. The Labute approximate surface area is 137 Å². The summed E-state index contributed by atoms with van der Waals surface area (Å²) < 4.78 is 5.77. The fourth-order valence-electron chi connectivity index (χ4n) is 2.49. The maximum absolute atomic E-state index is 5.77. The first kappa shape index (κ1) is 17.0. The zero-order chi connectivity index (χ0) is 15.4. The maximum atomic E-state index is 5.77. The molecule has 1 aliphatic heterocycles. The van der Waals surface area contributed by atoms with Crippen LogP contribution in [-0.4, -0.2) is 39.6 Å². The van der Waals surface area contributed by atoms with E-state index in [2.05, 4.69) is 53.7 Å². The van der Waals surface area contributed by atoms with Crippen LogP contribution in [0.5, 0.6) is 5.75 Å². The smallest absolute Gasteiger partial charge is 0.138 e. The largest absolute Gasteiger partial charge is 0.489 e. The van der Waals surface area contributed by atoms with Crippen molar-refractivity contribution in [3.8, 4) is 5.75 Å². The lowest BCUT2D eigenvalue weighted by Crippen LogP contribution is -2.35. The maximum Gasteiger partial charge on any atom is 0.138 e. The summed E-state index contributed by atoms with van der Waals surface area (Å²) in [5.41, 5.74) is 1.22. The summed E-state index contributed by atoms with van der Waals surface area (Å²) in [4.78, 5) is 4.35. The van der Waals surface area contributed by atoms with Gasteiger partial charge >= 0.3 is 0 Å². The van der Waals surface area contributed by atoms with Gasteiger partial charge in [-0.05, 0) is 32.5 Å². The van der Waals surface area contributed by atoms with Crippen molar-refractivity contribution < 1.29 is 4.74 Å². The lowest BCUT2D eigenvalue weighted by molar-refractivity contribution is 0.241. The van der Waals surface area contributed by atoms with Gasteiger partial charge in [0.15, 0.2) is 0 Å². The van der Waals surface area contributed by atoms with Gasteiger partial charge in [0.25, 0.3) is 0 Å². The molecule has 1 N–H and O–H groups in total. The second-order valence-corrected chi connectivity index (χ2v) is 8.84. The Kier molecular flexibility index (Phi) is 6.26. The molecule has 4 atom stereocenters. The molecule has 1 aliphatic rings. The zero-order valence-electron chi connectivity index (χ0n) is 13.5. The number of thioether (sulfide) groups is 2. The third-order valence-corrected chi connectivity index (χ3v) is 7.22. The highest BCUT2D eigenvalue weighted by Crippen LogP contribution is 2.41. The van der Waals surface area contributed by atoms with Crippen molar-refractivity contribution in [2.45, 2.75) is 55.6 Å². The van der Waals surface area contributed by atoms with E-state index in [1.165, 1.54) is 11.3 Å². The molecular formula is C16H26N2OS2. The molecule has 0 bridgehead atoms. The summed E-state index contributed by atoms with van der Waals surface area (Å²) in [5, 5.41) is 5.47. The van der Waals surface area contributed by atoms with E-state index >= 15 is 0 Å². The summed E-state index contributed by atoms with van der Waals surface area (Å²) in [7, 11) is 2.04. The van der Waals surface area contributed by atoms with E-state index in [-0.39, 0.29) is 6.10 Å². The van der Waals surface area contributed by atoms with Crippen molar-refractivity contribution >= 4 is 23.5 Å². The average Bonchev–Trinajstić information content (AvgIpc) is 2.43. The van der Waals surface area contributed by atoms with Crippen LogP contribution in [-0.2, 0) is 0 Å².